The summed E-state index contributed by atoms with van der Waals surface area (Å²) in [5.41, 5.74) is -2.84. The number of benzene rings is 1. The van der Waals surface area contributed by atoms with Crippen LogP contribution in [-0.2, 0) is 14.9 Å². The largest absolute Gasteiger partial charge is 0.468 e. The highest BCUT2D eigenvalue weighted by Gasteiger charge is 2.30. The highest BCUT2D eigenvalue weighted by molar-refractivity contribution is 9.10. The Hall–Kier alpha value is -0.830. The lowest BCUT2D eigenvalue weighted by Gasteiger charge is -2.21. The van der Waals surface area contributed by atoms with E-state index in [0.717, 1.165) is 7.11 Å². The van der Waals surface area contributed by atoms with Crippen LogP contribution in [-0.4, -0.2) is 13.1 Å². The molecule has 0 atom stereocenters. The zero-order chi connectivity index (χ0) is 15.8. The molecule has 0 aliphatic heterocycles. The smallest absolute Gasteiger partial charge is 0.315 e. The van der Waals surface area contributed by atoms with Crippen molar-refractivity contribution in [2.75, 3.05) is 7.11 Å². The summed E-state index contributed by atoms with van der Waals surface area (Å²) in [6.45, 7) is -6.17. The van der Waals surface area contributed by atoms with Gasteiger partial charge in [-0.25, -0.2) is 0 Å². The van der Waals surface area contributed by atoms with Crippen LogP contribution in [0.4, 0.5) is 0 Å². The third-order valence-corrected chi connectivity index (χ3v) is 2.30. The van der Waals surface area contributed by atoms with Crippen LogP contribution in [0.5, 0.6) is 0 Å². The Kier molecular flexibility index (Phi) is 1.57. The molecule has 0 spiro atoms. The van der Waals surface area contributed by atoms with Crippen LogP contribution >= 0.6 is 15.9 Å². The first-order valence-electron chi connectivity index (χ1n) is 6.83. The quantitative estimate of drug-likeness (QED) is 0.767. The lowest BCUT2D eigenvalue weighted by atomic mass is 9.85. The van der Waals surface area contributed by atoms with Crippen molar-refractivity contribution in [3.8, 4) is 0 Å². The lowest BCUT2D eigenvalue weighted by Crippen LogP contribution is -2.30. The van der Waals surface area contributed by atoms with E-state index >= 15 is 0 Å². The van der Waals surface area contributed by atoms with Crippen LogP contribution in [0, 0.1) is 0 Å². The zero-order valence-electron chi connectivity index (χ0n) is 13.5. The maximum Gasteiger partial charge on any atom is 0.315 e. The van der Waals surface area contributed by atoms with Gasteiger partial charge in [0.15, 0.2) is 0 Å². The number of esters is 1. The summed E-state index contributed by atoms with van der Waals surface area (Å²) < 4.78 is 50.6. The van der Waals surface area contributed by atoms with Gasteiger partial charge < -0.3 is 4.74 Å². The molecule has 0 aliphatic rings. The fraction of sp³-hybridized carbons (Fsp3) is 0.364. The van der Waals surface area contributed by atoms with Gasteiger partial charge in [0.25, 0.3) is 0 Å². The van der Waals surface area contributed by atoms with Gasteiger partial charge in [0.2, 0.25) is 0 Å². The summed E-state index contributed by atoms with van der Waals surface area (Å²) in [4.78, 5) is 12.1. The van der Waals surface area contributed by atoms with Gasteiger partial charge in [0.05, 0.1) is 12.5 Å². The molecule has 14 heavy (non-hydrogen) atoms. The molecule has 0 N–H and O–H groups in total. The Morgan fingerprint density at radius 2 is 2.00 bits per heavy atom. The van der Waals surface area contributed by atoms with E-state index in [1.165, 1.54) is 24.3 Å². The molecule has 0 aromatic heterocycles. The maximum absolute atomic E-state index is 12.1. The zero-order valence-corrected chi connectivity index (χ0v) is 9.09. The molecule has 1 aromatic rings. The van der Waals surface area contributed by atoms with Gasteiger partial charge in [0, 0.05) is 12.7 Å². The first kappa shape index (κ1) is 5.31. The van der Waals surface area contributed by atoms with Gasteiger partial charge in [-0.1, -0.05) is 28.1 Å². The topological polar surface area (TPSA) is 26.3 Å². The minimum Gasteiger partial charge on any atom is -0.468 e. The standard InChI is InChI=1S/C11H13BrO2/c1-11(2,10(13)14-3)8-4-6-9(12)7-5-8/h4-7H,1-3H3/i1D3,2D3. The molecule has 3 heteroatoms. The van der Waals surface area contributed by atoms with E-state index in [0.29, 0.717) is 4.47 Å². The molecule has 0 radical (unpaired) electrons. The molecule has 1 aromatic carbocycles. The Balaban J connectivity index is 3.71. The lowest BCUT2D eigenvalue weighted by molar-refractivity contribution is -0.146. The normalized spacial score (nSPS) is 19.3. The number of hydrogen-bond acceptors (Lipinski definition) is 2. The molecule has 0 saturated carbocycles. The van der Waals surface area contributed by atoms with E-state index in [9.17, 15) is 4.79 Å². The van der Waals surface area contributed by atoms with E-state index < -0.39 is 25.1 Å². The number of carbonyl (C=O) groups is 1. The van der Waals surface area contributed by atoms with Crippen molar-refractivity contribution in [1.29, 1.82) is 0 Å². The van der Waals surface area contributed by atoms with Crippen LogP contribution < -0.4 is 0 Å². The van der Waals surface area contributed by atoms with Crippen molar-refractivity contribution in [2.24, 2.45) is 0 Å². The number of ether oxygens (including phenoxy) is 1. The predicted octanol–water partition coefficient (Wildman–Crippen LogP) is 2.90. The van der Waals surface area contributed by atoms with E-state index in [-0.39, 0.29) is 5.56 Å². The second-order valence-corrected chi connectivity index (χ2v) is 3.66. The Bertz CT molecular complexity index is 477. The van der Waals surface area contributed by atoms with Gasteiger partial charge in [-0.2, -0.15) is 0 Å². The van der Waals surface area contributed by atoms with Crippen molar-refractivity contribution in [3.05, 3.63) is 34.3 Å². The molecule has 0 saturated heterocycles. The van der Waals surface area contributed by atoms with E-state index in [1.807, 2.05) is 0 Å². The number of hydrogen-bond donors (Lipinski definition) is 0. The van der Waals surface area contributed by atoms with Gasteiger partial charge in [-0.3, -0.25) is 4.79 Å². The molecule has 0 aliphatic carbocycles. The number of methoxy groups -OCH3 is 1. The fourth-order valence-corrected chi connectivity index (χ4v) is 1.24. The summed E-state index contributed by atoms with van der Waals surface area (Å²) >= 11 is 3.17. The predicted molar refractivity (Wildman–Crippen MR) is 59.2 cm³/mol. The summed E-state index contributed by atoms with van der Waals surface area (Å²) in [7, 11) is 0.966. The minimum atomic E-state index is -3.08. The van der Waals surface area contributed by atoms with Crippen molar-refractivity contribution in [2.45, 2.75) is 19.1 Å². The van der Waals surface area contributed by atoms with Gasteiger partial charge in [-0.15, -0.1) is 0 Å². The SMILES string of the molecule is [2H]C([2H])([2H])C(C(=O)OC)(c1ccc(Br)cc1)C([2H])([2H])[2H]. The average molecular weight is 263 g/mol. The van der Waals surface area contributed by atoms with Gasteiger partial charge in [0.1, 0.15) is 0 Å². The number of rotatable bonds is 2. The van der Waals surface area contributed by atoms with Crippen molar-refractivity contribution < 1.29 is 17.8 Å². The first-order chi connectivity index (χ1) is 8.98. The van der Waals surface area contributed by atoms with E-state index in [2.05, 4.69) is 20.7 Å². The summed E-state index contributed by atoms with van der Waals surface area (Å²) in [5.74, 6) is -1.31. The number of carbonyl (C=O) groups excluding carboxylic acids is 1. The molecule has 76 valence electrons. The van der Waals surface area contributed by atoms with Crippen LogP contribution in [0.2, 0.25) is 0 Å². The van der Waals surface area contributed by atoms with Crippen molar-refractivity contribution in [1.82, 2.24) is 0 Å². The van der Waals surface area contributed by atoms with Crippen LogP contribution in [0.25, 0.3) is 0 Å². The molecule has 0 bridgehead atoms. The molecule has 0 unspecified atom stereocenters. The molecule has 2 nitrogen and oxygen atoms in total. The first-order valence-corrected chi connectivity index (χ1v) is 4.62. The Morgan fingerprint density at radius 3 is 2.43 bits per heavy atom. The highest BCUT2D eigenvalue weighted by atomic mass is 79.9. The molecule has 1 rings (SSSR count). The second-order valence-electron chi connectivity index (χ2n) is 2.75. The Labute approximate surface area is 101 Å². The highest BCUT2D eigenvalue weighted by Crippen LogP contribution is 2.25. The number of halogens is 1. The monoisotopic (exact) mass is 262 g/mol. The van der Waals surface area contributed by atoms with E-state index in [1.54, 1.807) is 0 Å². The van der Waals surface area contributed by atoms with Gasteiger partial charge >= 0.3 is 5.97 Å². The summed E-state index contributed by atoms with van der Waals surface area (Å²) in [6, 6.07) is 5.54. The third-order valence-electron chi connectivity index (χ3n) is 1.77. The van der Waals surface area contributed by atoms with Gasteiger partial charge in [-0.05, 0) is 31.4 Å². The van der Waals surface area contributed by atoms with E-state index in [4.69, 9.17) is 8.22 Å². The van der Waals surface area contributed by atoms with Crippen molar-refractivity contribution in [3.63, 3.8) is 0 Å². The maximum atomic E-state index is 12.1. The minimum absolute atomic E-state index is 0.132. The fourth-order valence-electron chi connectivity index (χ4n) is 0.971. The van der Waals surface area contributed by atoms with Crippen LogP contribution in [0.3, 0.4) is 0 Å². The second kappa shape index (κ2) is 4.13. The van der Waals surface area contributed by atoms with Crippen LogP contribution in [0.15, 0.2) is 28.7 Å². The molecule has 0 heterocycles. The summed E-state index contributed by atoms with van der Waals surface area (Å²) in [6.07, 6.45) is 0. The Morgan fingerprint density at radius 1 is 1.43 bits per heavy atom. The molecular weight excluding hydrogens is 244 g/mol. The summed E-state index contributed by atoms with van der Waals surface area (Å²) in [5, 5.41) is 0. The third kappa shape index (κ3) is 2.15. The molecule has 0 amide bonds. The molecular formula is C11H13BrO2. The van der Waals surface area contributed by atoms with Crippen molar-refractivity contribution >= 4 is 21.9 Å². The van der Waals surface area contributed by atoms with Crippen LogP contribution in [0.1, 0.15) is 27.5 Å². The average Bonchev–Trinajstić information content (AvgIpc) is 2.28. The molecule has 0 fully saturated rings.